The number of piperazine rings is 1. The zero-order valence-electron chi connectivity index (χ0n) is 14.4. The number of rotatable bonds is 7. The molecule has 2 aromatic rings. The van der Waals surface area contributed by atoms with Crippen molar-refractivity contribution in [3.8, 4) is 11.3 Å². The minimum absolute atomic E-state index is 0.263. The van der Waals surface area contributed by atoms with Crippen molar-refractivity contribution >= 4 is 10.0 Å². The van der Waals surface area contributed by atoms with Gasteiger partial charge in [0.1, 0.15) is 12.0 Å². The molecule has 0 radical (unpaired) electrons. The van der Waals surface area contributed by atoms with E-state index in [4.69, 9.17) is 4.42 Å². The largest absolute Gasteiger partial charge is 0.449 e. The van der Waals surface area contributed by atoms with Crippen LogP contribution in [0.15, 0.2) is 39.8 Å². The zero-order valence-corrected chi connectivity index (χ0v) is 15.2. The highest BCUT2D eigenvalue weighted by Gasteiger charge is 2.15. The molecule has 1 aromatic heterocycles. The molecule has 1 aliphatic heterocycles. The minimum Gasteiger partial charge on any atom is -0.449 e. The second kappa shape index (κ2) is 8.09. The molecule has 1 aliphatic rings. The first-order valence-corrected chi connectivity index (χ1v) is 9.98. The Hall–Kier alpha value is -1.74. The molecular formula is C17H24N4O3S. The van der Waals surface area contributed by atoms with Crippen LogP contribution in [-0.2, 0) is 10.0 Å². The average Bonchev–Trinajstić information content (AvgIpc) is 3.06. The molecule has 0 spiro atoms. The van der Waals surface area contributed by atoms with Crippen molar-refractivity contribution in [1.82, 2.24) is 19.9 Å². The van der Waals surface area contributed by atoms with E-state index in [0.29, 0.717) is 18.1 Å². The molecule has 0 saturated carbocycles. The summed E-state index contributed by atoms with van der Waals surface area (Å²) in [6, 6.07) is 6.68. The molecule has 0 aliphatic carbocycles. The van der Waals surface area contributed by atoms with Gasteiger partial charge in [0.25, 0.3) is 0 Å². The summed E-state index contributed by atoms with van der Waals surface area (Å²) in [7, 11) is -3.48. The van der Waals surface area contributed by atoms with E-state index in [-0.39, 0.29) is 4.90 Å². The molecule has 0 amide bonds. The molecule has 0 unspecified atom stereocenters. The summed E-state index contributed by atoms with van der Waals surface area (Å²) in [5, 5.41) is 3.31. The maximum atomic E-state index is 12.4. The number of hydrogen-bond donors (Lipinski definition) is 2. The monoisotopic (exact) mass is 364 g/mol. The van der Waals surface area contributed by atoms with Crippen LogP contribution in [0.25, 0.3) is 11.3 Å². The molecule has 2 N–H and O–H groups in total. The van der Waals surface area contributed by atoms with E-state index in [0.717, 1.165) is 44.7 Å². The summed E-state index contributed by atoms with van der Waals surface area (Å²) in [5.74, 6) is 0.581. The Bertz CT molecular complexity index is 780. The van der Waals surface area contributed by atoms with Crippen molar-refractivity contribution in [3.63, 3.8) is 0 Å². The highest BCUT2D eigenvalue weighted by atomic mass is 32.2. The highest BCUT2D eigenvalue weighted by molar-refractivity contribution is 7.89. The number of sulfonamides is 1. The predicted molar refractivity (Wildman–Crippen MR) is 95.8 cm³/mol. The van der Waals surface area contributed by atoms with E-state index < -0.39 is 10.0 Å². The molecule has 2 heterocycles. The first-order valence-electron chi connectivity index (χ1n) is 8.50. The summed E-state index contributed by atoms with van der Waals surface area (Å²) in [4.78, 5) is 6.85. The van der Waals surface area contributed by atoms with Gasteiger partial charge in [-0.25, -0.2) is 18.1 Å². The smallest absolute Gasteiger partial charge is 0.240 e. The summed E-state index contributed by atoms with van der Waals surface area (Å²) >= 11 is 0. The SMILES string of the molecule is Cc1nc(-c2ccc(S(=O)(=O)NCCCN3CCNCC3)cc2)co1. The number of aromatic nitrogens is 1. The second-order valence-electron chi connectivity index (χ2n) is 6.12. The molecule has 3 rings (SSSR count). The Morgan fingerprint density at radius 3 is 2.60 bits per heavy atom. The van der Waals surface area contributed by atoms with Crippen LogP contribution in [0.5, 0.6) is 0 Å². The lowest BCUT2D eigenvalue weighted by atomic mass is 10.2. The number of nitrogens with zero attached hydrogens (tertiary/aromatic N) is 2. The molecule has 8 heteroatoms. The summed E-state index contributed by atoms with van der Waals surface area (Å²) < 4.78 is 32.6. The van der Waals surface area contributed by atoms with Gasteiger partial charge < -0.3 is 14.6 Å². The second-order valence-corrected chi connectivity index (χ2v) is 7.89. The Morgan fingerprint density at radius 1 is 1.24 bits per heavy atom. The predicted octanol–water partition coefficient (Wildman–Crippen LogP) is 1.22. The van der Waals surface area contributed by atoms with Crippen LogP contribution in [0.2, 0.25) is 0 Å². The van der Waals surface area contributed by atoms with E-state index in [1.54, 1.807) is 37.5 Å². The van der Waals surface area contributed by atoms with Crippen LogP contribution in [0.4, 0.5) is 0 Å². The normalized spacial score (nSPS) is 16.2. The molecular weight excluding hydrogens is 340 g/mol. The quantitative estimate of drug-likeness (QED) is 0.719. The van der Waals surface area contributed by atoms with Crippen LogP contribution in [0.1, 0.15) is 12.3 Å². The van der Waals surface area contributed by atoms with Gasteiger partial charge in [-0.05, 0) is 25.1 Å². The Kier molecular flexibility index (Phi) is 5.85. The molecule has 1 saturated heterocycles. The van der Waals surface area contributed by atoms with Crippen molar-refractivity contribution in [2.45, 2.75) is 18.2 Å². The van der Waals surface area contributed by atoms with Crippen molar-refractivity contribution in [3.05, 3.63) is 36.4 Å². The van der Waals surface area contributed by atoms with Crippen molar-refractivity contribution in [2.24, 2.45) is 0 Å². The molecule has 0 atom stereocenters. The van der Waals surface area contributed by atoms with Crippen LogP contribution >= 0.6 is 0 Å². The average molecular weight is 364 g/mol. The fourth-order valence-corrected chi connectivity index (χ4v) is 3.90. The number of nitrogens with one attached hydrogen (secondary N) is 2. The van der Waals surface area contributed by atoms with Gasteiger partial charge in [-0.15, -0.1) is 0 Å². The standard InChI is InChI=1S/C17H24N4O3S/c1-14-20-17(13-24-14)15-3-5-16(6-4-15)25(22,23)19-7-2-10-21-11-8-18-9-12-21/h3-6,13,18-19H,2,7-12H2,1H3. The maximum Gasteiger partial charge on any atom is 0.240 e. The molecule has 1 aromatic carbocycles. The zero-order chi connectivity index (χ0) is 17.7. The summed E-state index contributed by atoms with van der Waals surface area (Å²) in [6.07, 6.45) is 2.36. The van der Waals surface area contributed by atoms with Gasteiger partial charge in [-0.2, -0.15) is 0 Å². The van der Waals surface area contributed by atoms with Gasteiger partial charge in [0.2, 0.25) is 10.0 Å². The number of hydrogen-bond acceptors (Lipinski definition) is 6. The van der Waals surface area contributed by atoms with Gasteiger partial charge in [0, 0.05) is 45.2 Å². The van der Waals surface area contributed by atoms with Crippen LogP contribution in [0.3, 0.4) is 0 Å². The van der Waals surface area contributed by atoms with Crippen LogP contribution in [-0.4, -0.2) is 57.6 Å². The lowest BCUT2D eigenvalue weighted by molar-refractivity contribution is 0.239. The lowest BCUT2D eigenvalue weighted by Gasteiger charge is -2.27. The van der Waals surface area contributed by atoms with E-state index in [1.165, 1.54) is 0 Å². The fourth-order valence-electron chi connectivity index (χ4n) is 2.83. The minimum atomic E-state index is -3.48. The molecule has 0 bridgehead atoms. The van der Waals surface area contributed by atoms with E-state index in [9.17, 15) is 8.42 Å². The first kappa shape index (κ1) is 18.1. The number of benzene rings is 1. The van der Waals surface area contributed by atoms with Crippen molar-refractivity contribution in [1.29, 1.82) is 0 Å². The summed E-state index contributed by atoms with van der Waals surface area (Å²) in [5.41, 5.74) is 1.53. The van der Waals surface area contributed by atoms with Gasteiger partial charge in [0.15, 0.2) is 5.89 Å². The van der Waals surface area contributed by atoms with Gasteiger partial charge in [0.05, 0.1) is 4.90 Å². The fraction of sp³-hybridized carbons (Fsp3) is 0.471. The summed E-state index contributed by atoms with van der Waals surface area (Å²) in [6.45, 7) is 7.18. The van der Waals surface area contributed by atoms with Crippen molar-refractivity contribution in [2.75, 3.05) is 39.3 Å². The van der Waals surface area contributed by atoms with E-state index in [2.05, 4.69) is 19.9 Å². The molecule has 136 valence electrons. The Labute approximate surface area is 148 Å². The van der Waals surface area contributed by atoms with Crippen LogP contribution < -0.4 is 10.0 Å². The lowest BCUT2D eigenvalue weighted by Crippen LogP contribution is -2.44. The van der Waals surface area contributed by atoms with E-state index >= 15 is 0 Å². The maximum absolute atomic E-state index is 12.4. The molecule has 25 heavy (non-hydrogen) atoms. The Morgan fingerprint density at radius 2 is 1.96 bits per heavy atom. The number of aryl methyl sites for hydroxylation is 1. The van der Waals surface area contributed by atoms with Gasteiger partial charge in [-0.1, -0.05) is 12.1 Å². The third-order valence-electron chi connectivity index (χ3n) is 4.23. The third-order valence-corrected chi connectivity index (χ3v) is 5.71. The number of oxazole rings is 1. The third kappa shape index (κ3) is 4.88. The van der Waals surface area contributed by atoms with Gasteiger partial charge >= 0.3 is 0 Å². The molecule has 7 nitrogen and oxygen atoms in total. The van der Waals surface area contributed by atoms with Crippen molar-refractivity contribution < 1.29 is 12.8 Å². The molecule has 1 fully saturated rings. The highest BCUT2D eigenvalue weighted by Crippen LogP contribution is 2.20. The first-order chi connectivity index (χ1) is 12.0. The topological polar surface area (TPSA) is 87.5 Å². The van der Waals surface area contributed by atoms with Crippen LogP contribution in [0, 0.1) is 6.92 Å². The Balaban J connectivity index is 1.52. The van der Waals surface area contributed by atoms with Gasteiger partial charge in [-0.3, -0.25) is 0 Å². The van der Waals surface area contributed by atoms with E-state index in [1.807, 2.05) is 0 Å².